The normalized spacial score (nSPS) is 18.1. The summed E-state index contributed by atoms with van der Waals surface area (Å²) in [5, 5.41) is 2.96. The van der Waals surface area contributed by atoms with Crippen LogP contribution in [0.3, 0.4) is 0 Å². The predicted octanol–water partition coefficient (Wildman–Crippen LogP) is 6.27. The highest BCUT2D eigenvalue weighted by molar-refractivity contribution is 6.74. The minimum absolute atomic E-state index is 0.0483. The summed E-state index contributed by atoms with van der Waals surface area (Å²) in [5.41, 5.74) is 1.82. The van der Waals surface area contributed by atoms with Crippen molar-refractivity contribution in [2.24, 2.45) is 0 Å². The van der Waals surface area contributed by atoms with Crippen molar-refractivity contribution in [3.63, 3.8) is 0 Å². The Kier molecular flexibility index (Phi) is 9.94. The van der Waals surface area contributed by atoms with Gasteiger partial charge in [0.2, 0.25) is 0 Å². The Balaban J connectivity index is 1.67. The molecule has 2 aromatic rings. The molecule has 1 aliphatic rings. The minimum atomic E-state index is -2.03. The number of benzene rings is 2. The molecular formula is C29H40N2O5Si. The lowest BCUT2D eigenvalue weighted by Crippen LogP contribution is -2.51. The van der Waals surface area contributed by atoms with Gasteiger partial charge < -0.3 is 19.2 Å². The Morgan fingerprint density at radius 3 is 2.08 bits per heavy atom. The number of carbonyl (C=O) groups excluding carboxylic acids is 2. The van der Waals surface area contributed by atoms with Gasteiger partial charge in [-0.1, -0.05) is 93.6 Å². The van der Waals surface area contributed by atoms with Crippen LogP contribution in [0.25, 0.3) is 0 Å². The van der Waals surface area contributed by atoms with Crippen LogP contribution in [0.2, 0.25) is 18.1 Å². The van der Waals surface area contributed by atoms with Crippen LogP contribution in [-0.2, 0) is 27.1 Å². The standard InChI is InChI=1S/C29H40N2O5Si/c1-29(2,3)37(4,5)36-22-26-18-12-17-25(30-27(32)34-20-23-13-8-6-9-14-23)19-31(26)28(33)35-21-24-15-10-7-11-16-24/h6-16,18,25-26H,17,19-22H2,1-5H3,(H,30,32)/t25-,26+/m0/s1. The minimum Gasteiger partial charge on any atom is -0.445 e. The van der Waals surface area contributed by atoms with E-state index in [0.717, 1.165) is 11.1 Å². The summed E-state index contributed by atoms with van der Waals surface area (Å²) >= 11 is 0. The van der Waals surface area contributed by atoms with Gasteiger partial charge in [-0.3, -0.25) is 4.90 Å². The van der Waals surface area contributed by atoms with Crippen LogP contribution in [0.15, 0.2) is 72.8 Å². The van der Waals surface area contributed by atoms with Crippen LogP contribution >= 0.6 is 0 Å². The maximum Gasteiger partial charge on any atom is 0.410 e. The fourth-order valence-electron chi connectivity index (χ4n) is 3.66. The maximum absolute atomic E-state index is 13.3. The van der Waals surface area contributed by atoms with E-state index >= 15 is 0 Å². The fourth-order valence-corrected chi connectivity index (χ4v) is 4.68. The Bertz CT molecular complexity index is 1040. The van der Waals surface area contributed by atoms with Crippen molar-refractivity contribution in [3.8, 4) is 0 Å². The van der Waals surface area contributed by atoms with Crippen LogP contribution in [0.1, 0.15) is 38.3 Å². The molecule has 0 aromatic heterocycles. The van der Waals surface area contributed by atoms with E-state index in [0.29, 0.717) is 13.0 Å². The molecule has 0 bridgehead atoms. The van der Waals surface area contributed by atoms with Crippen molar-refractivity contribution in [1.29, 1.82) is 0 Å². The SMILES string of the molecule is CC(C)(C)[Si](C)(C)OC[C@H]1C=CC[C@H](NC(=O)OCc2ccccc2)CN1C(=O)OCc1ccccc1. The van der Waals surface area contributed by atoms with Crippen LogP contribution < -0.4 is 5.32 Å². The Morgan fingerprint density at radius 2 is 1.51 bits per heavy atom. The summed E-state index contributed by atoms with van der Waals surface area (Å²) < 4.78 is 17.5. The molecule has 2 amide bonds. The number of amides is 2. The number of alkyl carbamates (subject to hydrolysis) is 1. The molecule has 8 heteroatoms. The second kappa shape index (κ2) is 12.9. The smallest absolute Gasteiger partial charge is 0.410 e. The van der Waals surface area contributed by atoms with E-state index < -0.39 is 20.5 Å². The first kappa shape index (κ1) is 28.5. The average Bonchev–Trinajstić information content (AvgIpc) is 3.07. The number of ether oxygens (including phenoxy) is 2. The predicted molar refractivity (Wildman–Crippen MR) is 148 cm³/mol. The lowest BCUT2D eigenvalue weighted by molar-refractivity contribution is 0.0719. The van der Waals surface area contributed by atoms with E-state index in [4.69, 9.17) is 13.9 Å². The molecule has 0 fully saturated rings. The molecule has 7 nitrogen and oxygen atoms in total. The van der Waals surface area contributed by atoms with Crippen molar-refractivity contribution in [3.05, 3.63) is 83.9 Å². The topological polar surface area (TPSA) is 77.1 Å². The Hall–Kier alpha value is -3.10. The molecule has 0 aliphatic carbocycles. The van der Waals surface area contributed by atoms with Crippen LogP contribution in [0.5, 0.6) is 0 Å². The van der Waals surface area contributed by atoms with Gasteiger partial charge in [-0.05, 0) is 35.7 Å². The molecule has 2 aromatic carbocycles. The highest BCUT2D eigenvalue weighted by Crippen LogP contribution is 2.36. The number of hydrogen-bond acceptors (Lipinski definition) is 5. The monoisotopic (exact) mass is 524 g/mol. The quantitative estimate of drug-likeness (QED) is 0.325. The van der Waals surface area contributed by atoms with Crippen LogP contribution in [-0.4, -0.2) is 50.6 Å². The van der Waals surface area contributed by atoms with E-state index in [2.05, 4.69) is 39.2 Å². The molecule has 0 spiro atoms. The molecule has 1 N–H and O–H groups in total. The van der Waals surface area contributed by atoms with E-state index in [1.165, 1.54) is 0 Å². The molecule has 0 radical (unpaired) electrons. The molecule has 200 valence electrons. The van der Waals surface area contributed by atoms with Gasteiger partial charge >= 0.3 is 12.2 Å². The summed E-state index contributed by atoms with van der Waals surface area (Å²) in [6.07, 6.45) is 3.58. The summed E-state index contributed by atoms with van der Waals surface area (Å²) in [5.74, 6) is 0. The highest BCUT2D eigenvalue weighted by Gasteiger charge is 2.39. The van der Waals surface area contributed by atoms with Crippen molar-refractivity contribution in [2.45, 2.75) is 70.6 Å². The molecule has 0 saturated carbocycles. The summed E-state index contributed by atoms with van der Waals surface area (Å²) in [7, 11) is -2.03. The largest absolute Gasteiger partial charge is 0.445 e. The third kappa shape index (κ3) is 8.75. The van der Waals surface area contributed by atoms with Gasteiger partial charge in [-0.2, -0.15) is 0 Å². The van der Waals surface area contributed by atoms with E-state index in [9.17, 15) is 9.59 Å². The fraction of sp³-hybridized carbons (Fsp3) is 0.448. The number of nitrogens with one attached hydrogen (secondary N) is 1. The molecule has 0 saturated heterocycles. The molecular weight excluding hydrogens is 484 g/mol. The van der Waals surface area contributed by atoms with Gasteiger partial charge in [0.05, 0.1) is 18.7 Å². The van der Waals surface area contributed by atoms with Crippen LogP contribution in [0.4, 0.5) is 9.59 Å². The summed E-state index contributed by atoms with van der Waals surface area (Å²) in [4.78, 5) is 27.5. The van der Waals surface area contributed by atoms with Crippen molar-refractivity contribution < 1.29 is 23.5 Å². The third-order valence-corrected chi connectivity index (χ3v) is 11.5. The summed E-state index contributed by atoms with van der Waals surface area (Å²) in [6.45, 7) is 12.0. The van der Waals surface area contributed by atoms with Crippen LogP contribution in [0, 0.1) is 0 Å². The maximum atomic E-state index is 13.3. The first-order valence-corrected chi connectivity index (χ1v) is 15.7. The zero-order valence-electron chi connectivity index (χ0n) is 22.6. The van der Waals surface area contributed by atoms with E-state index in [1.54, 1.807) is 4.90 Å². The van der Waals surface area contributed by atoms with Gasteiger partial charge in [-0.25, -0.2) is 9.59 Å². The zero-order valence-corrected chi connectivity index (χ0v) is 23.6. The lowest BCUT2D eigenvalue weighted by atomic mass is 10.2. The first-order chi connectivity index (χ1) is 17.5. The number of nitrogens with zero attached hydrogens (tertiary/aromatic N) is 1. The molecule has 0 unspecified atom stereocenters. The van der Waals surface area contributed by atoms with Gasteiger partial charge in [0.1, 0.15) is 13.2 Å². The Morgan fingerprint density at radius 1 is 0.946 bits per heavy atom. The second-order valence-electron chi connectivity index (χ2n) is 10.9. The highest BCUT2D eigenvalue weighted by atomic mass is 28.4. The van der Waals surface area contributed by atoms with Gasteiger partial charge in [0.25, 0.3) is 0 Å². The number of hydrogen-bond donors (Lipinski definition) is 1. The third-order valence-electron chi connectivity index (χ3n) is 6.99. The van der Waals surface area contributed by atoms with Gasteiger partial charge in [0.15, 0.2) is 8.32 Å². The summed E-state index contributed by atoms with van der Waals surface area (Å²) in [6, 6.07) is 18.5. The molecule has 3 rings (SSSR count). The van der Waals surface area contributed by atoms with E-state index in [-0.39, 0.29) is 36.9 Å². The molecule has 1 aliphatic heterocycles. The second-order valence-corrected chi connectivity index (χ2v) is 15.7. The Labute approximate surface area is 221 Å². The first-order valence-electron chi connectivity index (χ1n) is 12.8. The zero-order chi connectivity index (χ0) is 26.9. The molecule has 2 atom stereocenters. The lowest BCUT2D eigenvalue weighted by Gasteiger charge is -2.38. The average molecular weight is 525 g/mol. The van der Waals surface area contributed by atoms with Gasteiger partial charge in [0, 0.05) is 6.54 Å². The van der Waals surface area contributed by atoms with Crippen molar-refractivity contribution in [1.82, 2.24) is 10.2 Å². The van der Waals surface area contributed by atoms with Crippen molar-refractivity contribution in [2.75, 3.05) is 13.2 Å². The number of carbonyl (C=O) groups is 2. The molecule has 37 heavy (non-hydrogen) atoms. The van der Waals surface area contributed by atoms with E-state index in [1.807, 2.05) is 72.8 Å². The van der Waals surface area contributed by atoms with Gasteiger partial charge in [-0.15, -0.1) is 0 Å². The van der Waals surface area contributed by atoms with Crippen molar-refractivity contribution >= 4 is 20.5 Å². The molecule has 1 heterocycles. The number of rotatable bonds is 8.